The Balaban J connectivity index is 1.67. The number of ether oxygens (including phenoxy) is 3. The largest absolute Gasteiger partial charge is 0.490 e. The molecule has 0 aliphatic carbocycles. The Morgan fingerprint density at radius 3 is 2.23 bits per heavy atom. The monoisotopic (exact) mass is 793 g/mol. The SMILES string of the molecule is CCOc1cc(/C=N\NC(=O)[C@@H](CC(C)C)NC(=O)[C@@H](C)Oc2ccc(Cl)cc2Cl)cc(I)c1OCc1ccc(Cl)cc1Cl. The van der Waals surface area contributed by atoms with E-state index in [1.54, 1.807) is 43.3 Å². The van der Waals surface area contributed by atoms with Crippen LogP contribution in [0.2, 0.25) is 20.1 Å². The zero-order chi connectivity index (χ0) is 32.4. The lowest BCUT2D eigenvalue weighted by Gasteiger charge is -2.22. The predicted octanol–water partition coefficient (Wildman–Crippen LogP) is 8.33. The number of amides is 2. The zero-order valence-corrected chi connectivity index (χ0v) is 29.6. The van der Waals surface area contributed by atoms with Gasteiger partial charge in [-0.3, -0.25) is 9.59 Å². The molecule has 13 heteroatoms. The van der Waals surface area contributed by atoms with Crippen molar-refractivity contribution in [2.24, 2.45) is 11.0 Å². The van der Waals surface area contributed by atoms with Crippen molar-refractivity contribution < 1.29 is 23.8 Å². The molecule has 8 nitrogen and oxygen atoms in total. The van der Waals surface area contributed by atoms with E-state index in [0.29, 0.717) is 50.9 Å². The molecule has 0 radical (unpaired) electrons. The van der Waals surface area contributed by atoms with Gasteiger partial charge in [-0.1, -0.05) is 66.3 Å². The zero-order valence-electron chi connectivity index (χ0n) is 24.4. The van der Waals surface area contributed by atoms with Crippen molar-refractivity contribution in [2.45, 2.75) is 52.9 Å². The number of benzene rings is 3. The molecule has 236 valence electrons. The number of hydrogen-bond donors (Lipinski definition) is 2. The third-order valence-corrected chi connectivity index (χ3v) is 7.93. The molecule has 0 unspecified atom stereocenters. The van der Waals surface area contributed by atoms with E-state index >= 15 is 0 Å². The summed E-state index contributed by atoms with van der Waals surface area (Å²) in [5, 5.41) is 8.64. The summed E-state index contributed by atoms with van der Waals surface area (Å²) >= 11 is 26.5. The molecule has 2 amide bonds. The van der Waals surface area contributed by atoms with Crippen LogP contribution in [-0.2, 0) is 16.2 Å². The van der Waals surface area contributed by atoms with E-state index in [0.717, 1.165) is 9.13 Å². The van der Waals surface area contributed by atoms with Crippen molar-refractivity contribution in [1.29, 1.82) is 0 Å². The van der Waals surface area contributed by atoms with E-state index in [1.165, 1.54) is 12.3 Å². The summed E-state index contributed by atoms with van der Waals surface area (Å²) in [5.74, 6) is 0.529. The Labute approximate surface area is 290 Å². The van der Waals surface area contributed by atoms with Gasteiger partial charge in [-0.15, -0.1) is 0 Å². The van der Waals surface area contributed by atoms with Crippen LogP contribution in [0.25, 0.3) is 0 Å². The van der Waals surface area contributed by atoms with Gasteiger partial charge in [-0.05, 0) is 96.8 Å². The number of rotatable bonds is 14. The van der Waals surface area contributed by atoms with Crippen LogP contribution < -0.4 is 25.0 Å². The lowest BCUT2D eigenvalue weighted by atomic mass is 10.0. The third-order valence-electron chi connectivity index (χ3n) is 6.01. The van der Waals surface area contributed by atoms with Crippen LogP contribution in [0.5, 0.6) is 17.2 Å². The molecule has 3 aromatic rings. The van der Waals surface area contributed by atoms with Crippen LogP contribution in [-0.4, -0.2) is 36.8 Å². The fraction of sp³-hybridized carbons (Fsp3) is 0.323. The fourth-order valence-corrected chi connectivity index (χ4v) is 5.61. The lowest BCUT2D eigenvalue weighted by molar-refractivity contribution is -0.132. The van der Waals surface area contributed by atoms with Crippen molar-refractivity contribution >= 4 is 87.0 Å². The number of carbonyl (C=O) groups excluding carboxylic acids is 2. The molecule has 0 aliphatic heterocycles. The topological polar surface area (TPSA) is 98.2 Å². The number of carbonyl (C=O) groups is 2. The molecule has 3 rings (SSSR count). The van der Waals surface area contributed by atoms with Gasteiger partial charge in [-0.25, -0.2) is 5.43 Å². The molecule has 2 N–H and O–H groups in total. The van der Waals surface area contributed by atoms with Gasteiger partial charge in [0.05, 0.1) is 21.4 Å². The van der Waals surface area contributed by atoms with Crippen LogP contribution in [0.4, 0.5) is 0 Å². The molecule has 0 aromatic heterocycles. The molecule has 3 aromatic carbocycles. The Morgan fingerprint density at radius 2 is 1.59 bits per heavy atom. The summed E-state index contributed by atoms with van der Waals surface area (Å²) in [4.78, 5) is 26.0. The van der Waals surface area contributed by atoms with Crippen molar-refractivity contribution in [3.63, 3.8) is 0 Å². The van der Waals surface area contributed by atoms with Gasteiger partial charge < -0.3 is 19.5 Å². The second-order valence-electron chi connectivity index (χ2n) is 10.0. The molecule has 0 heterocycles. The Kier molecular flexibility index (Phi) is 14.2. The van der Waals surface area contributed by atoms with Crippen LogP contribution in [0, 0.1) is 9.49 Å². The van der Waals surface area contributed by atoms with Gasteiger partial charge in [0.15, 0.2) is 17.6 Å². The first-order chi connectivity index (χ1) is 20.9. The van der Waals surface area contributed by atoms with Crippen molar-refractivity contribution in [3.8, 4) is 17.2 Å². The van der Waals surface area contributed by atoms with Gasteiger partial charge in [0, 0.05) is 20.6 Å². The molecule has 2 atom stereocenters. The molecule has 0 aliphatic rings. The normalized spacial score (nSPS) is 12.6. The van der Waals surface area contributed by atoms with E-state index in [-0.39, 0.29) is 17.5 Å². The van der Waals surface area contributed by atoms with Gasteiger partial charge in [0.2, 0.25) is 0 Å². The van der Waals surface area contributed by atoms with E-state index in [4.69, 9.17) is 60.6 Å². The average Bonchev–Trinajstić information content (AvgIpc) is 2.94. The van der Waals surface area contributed by atoms with Crippen LogP contribution in [0.1, 0.15) is 45.2 Å². The Bertz CT molecular complexity index is 1510. The van der Waals surface area contributed by atoms with Crippen molar-refractivity contribution in [2.75, 3.05) is 6.61 Å². The highest BCUT2D eigenvalue weighted by atomic mass is 127. The van der Waals surface area contributed by atoms with E-state index in [1.807, 2.05) is 26.8 Å². The summed E-state index contributed by atoms with van der Waals surface area (Å²) in [6.07, 6.45) is 0.956. The number of nitrogens with one attached hydrogen (secondary N) is 2. The predicted molar refractivity (Wildman–Crippen MR) is 185 cm³/mol. The summed E-state index contributed by atoms with van der Waals surface area (Å²) in [7, 11) is 0. The Morgan fingerprint density at radius 1 is 0.909 bits per heavy atom. The number of nitrogens with zero attached hydrogens (tertiary/aromatic N) is 1. The fourth-order valence-electron chi connectivity index (χ4n) is 3.91. The number of hydrogen-bond acceptors (Lipinski definition) is 6. The average molecular weight is 795 g/mol. The molecular weight excluding hydrogens is 763 g/mol. The summed E-state index contributed by atoms with van der Waals surface area (Å²) in [5.41, 5.74) is 3.97. The minimum atomic E-state index is -0.921. The van der Waals surface area contributed by atoms with E-state index < -0.39 is 24.0 Å². The van der Waals surface area contributed by atoms with E-state index in [9.17, 15) is 9.59 Å². The van der Waals surface area contributed by atoms with Gasteiger partial charge in [-0.2, -0.15) is 5.10 Å². The summed E-state index contributed by atoms with van der Waals surface area (Å²) in [6.45, 7) is 7.96. The molecule has 0 bridgehead atoms. The maximum atomic E-state index is 13.1. The minimum Gasteiger partial charge on any atom is -0.490 e. The first-order valence-electron chi connectivity index (χ1n) is 13.7. The third kappa shape index (κ3) is 10.9. The first-order valence-corrected chi connectivity index (χ1v) is 16.2. The molecule has 0 saturated heterocycles. The van der Waals surface area contributed by atoms with Gasteiger partial charge >= 0.3 is 0 Å². The number of halogens is 5. The maximum absolute atomic E-state index is 13.1. The lowest BCUT2D eigenvalue weighted by Crippen LogP contribution is -2.49. The highest BCUT2D eigenvalue weighted by Crippen LogP contribution is 2.35. The highest BCUT2D eigenvalue weighted by molar-refractivity contribution is 14.1. The van der Waals surface area contributed by atoms with Gasteiger partial charge in [0.25, 0.3) is 11.8 Å². The van der Waals surface area contributed by atoms with Crippen molar-refractivity contribution in [3.05, 3.63) is 83.3 Å². The molecule has 0 spiro atoms. The highest BCUT2D eigenvalue weighted by Gasteiger charge is 2.25. The first kappa shape index (κ1) is 36.0. The summed E-state index contributed by atoms with van der Waals surface area (Å²) < 4.78 is 18.3. The number of hydrazone groups is 1. The molecule has 0 fully saturated rings. The second-order valence-corrected chi connectivity index (χ2v) is 12.9. The minimum absolute atomic E-state index is 0.114. The van der Waals surface area contributed by atoms with Crippen LogP contribution >= 0.6 is 69.0 Å². The molecular formula is C31H32Cl4IN3O5. The standard InChI is InChI=1S/C31H32Cl4IN3O5/c1-5-42-28-12-19(11-25(36)29(28)43-16-20-6-7-21(32)13-23(20)34)15-37-39-31(41)26(10-17(2)3)38-30(40)18(4)44-27-9-8-22(33)14-24(27)35/h6-9,11-15,17-18,26H,5,10,16H2,1-4H3,(H,38,40)(H,39,41)/b37-15-/t18-,26-/m1/s1. The second kappa shape index (κ2) is 17.3. The van der Waals surface area contributed by atoms with Crippen molar-refractivity contribution in [1.82, 2.24) is 10.7 Å². The maximum Gasteiger partial charge on any atom is 0.262 e. The van der Waals surface area contributed by atoms with E-state index in [2.05, 4.69) is 38.4 Å². The molecule has 0 saturated carbocycles. The smallest absolute Gasteiger partial charge is 0.262 e. The summed E-state index contributed by atoms with van der Waals surface area (Å²) in [6, 6.07) is 12.7. The molecule has 44 heavy (non-hydrogen) atoms. The van der Waals surface area contributed by atoms with Crippen LogP contribution in [0.3, 0.4) is 0 Å². The van der Waals surface area contributed by atoms with Crippen LogP contribution in [0.15, 0.2) is 53.6 Å². The Hall–Kier alpha value is -2.44. The van der Waals surface area contributed by atoms with Gasteiger partial charge in [0.1, 0.15) is 18.4 Å². The quantitative estimate of drug-likeness (QED) is 0.0973.